The molecular weight excluding hydrogens is 132 g/mol. The zero-order valence-electron chi connectivity index (χ0n) is 7.65. The van der Waals surface area contributed by atoms with Crippen LogP contribution in [0.15, 0.2) is 0 Å². The van der Waals surface area contributed by atoms with E-state index in [0.717, 1.165) is 5.92 Å². The molecule has 0 nitrogen and oxygen atoms in total. The van der Waals surface area contributed by atoms with Gasteiger partial charge < -0.3 is 0 Å². The van der Waals surface area contributed by atoms with E-state index < -0.39 is 0 Å². The van der Waals surface area contributed by atoms with Gasteiger partial charge in [0.05, 0.1) is 0 Å². The SMILES string of the molecule is [CH2]CC1CCCCCCCC1. The fourth-order valence-corrected chi connectivity index (χ4v) is 2.01. The van der Waals surface area contributed by atoms with Crippen molar-refractivity contribution in [2.24, 2.45) is 5.92 Å². The maximum absolute atomic E-state index is 4.01. The van der Waals surface area contributed by atoms with Crippen LogP contribution < -0.4 is 0 Å². The molecule has 0 aliphatic heterocycles. The first-order valence-corrected chi connectivity index (χ1v) is 5.22. The van der Waals surface area contributed by atoms with Crippen LogP contribution >= 0.6 is 0 Å². The maximum Gasteiger partial charge on any atom is -0.0414 e. The van der Waals surface area contributed by atoms with E-state index in [1.54, 1.807) is 0 Å². The molecular formula is C11H21. The zero-order chi connectivity index (χ0) is 7.94. The Bertz CT molecular complexity index is 76.0. The molecule has 0 aromatic rings. The summed E-state index contributed by atoms with van der Waals surface area (Å²) in [6.45, 7) is 4.01. The van der Waals surface area contributed by atoms with Gasteiger partial charge in [-0.3, -0.25) is 0 Å². The molecule has 1 fully saturated rings. The van der Waals surface area contributed by atoms with E-state index in [1.165, 1.54) is 57.8 Å². The Balaban J connectivity index is 2.19. The predicted molar refractivity (Wildman–Crippen MR) is 50.4 cm³/mol. The third-order valence-corrected chi connectivity index (χ3v) is 2.88. The van der Waals surface area contributed by atoms with Gasteiger partial charge in [-0.2, -0.15) is 0 Å². The van der Waals surface area contributed by atoms with Crippen LogP contribution in [-0.2, 0) is 0 Å². The van der Waals surface area contributed by atoms with E-state index in [2.05, 4.69) is 6.92 Å². The lowest BCUT2D eigenvalue weighted by atomic mass is 9.95. The Morgan fingerprint density at radius 2 is 1.27 bits per heavy atom. The molecule has 0 unspecified atom stereocenters. The fourth-order valence-electron chi connectivity index (χ4n) is 2.01. The second kappa shape index (κ2) is 5.62. The summed E-state index contributed by atoms with van der Waals surface area (Å²) in [4.78, 5) is 0. The van der Waals surface area contributed by atoms with Crippen LogP contribution in [0.2, 0.25) is 0 Å². The summed E-state index contributed by atoms with van der Waals surface area (Å²) < 4.78 is 0. The topological polar surface area (TPSA) is 0 Å². The minimum Gasteiger partial charge on any atom is -0.0533 e. The van der Waals surface area contributed by atoms with Crippen LogP contribution in [0.5, 0.6) is 0 Å². The number of rotatable bonds is 1. The van der Waals surface area contributed by atoms with Crippen LogP contribution in [0.1, 0.15) is 57.8 Å². The Hall–Kier alpha value is 0. The van der Waals surface area contributed by atoms with E-state index in [9.17, 15) is 0 Å². The predicted octanol–water partition coefficient (Wildman–Crippen LogP) is 3.96. The summed E-state index contributed by atoms with van der Waals surface area (Å²) in [6, 6.07) is 0. The largest absolute Gasteiger partial charge is 0.0533 e. The van der Waals surface area contributed by atoms with Crippen molar-refractivity contribution in [3.63, 3.8) is 0 Å². The van der Waals surface area contributed by atoms with Gasteiger partial charge in [-0.1, -0.05) is 64.7 Å². The third-order valence-electron chi connectivity index (χ3n) is 2.88. The molecule has 0 heterocycles. The Kier molecular flexibility index (Phi) is 4.65. The van der Waals surface area contributed by atoms with Crippen molar-refractivity contribution in [1.29, 1.82) is 0 Å². The van der Waals surface area contributed by atoms with Gasteiger partial charge in [0, 0.05) is 0 Å². The van der Waals surface area contributed by atoms with Gasteiger partial charge in [0.1, 0.15) is 0 Å². The first kappa shape index (κ1) is 9.09. The van der Waals surface area contributed by atoms with Gasteiger partial charge in [-0.25, -0.2) is 0 Å². The minimum absolute atomic E-state index is 0.952. The number of hydrogen-bond acceptors (Lipinski definition) is 0. The van der Waals surface area contributed by atoms with Gasteiger partial charge in [0.15, 0.2) is 0 Å². The first-order valence-electron chi connectivity index (χ1n) is 5.22. The molecule has 1 aliphatic carbocycles. The smallest absolute Gasteiger partial charge is 0.0414 e. The fraction of sp³-hybridized carbons (Fsp3) is 0.909. The third kappa shape index (κ3) is 3.79. The molecule has 0 saturated heterocycles. The van der Waals surface area contributed by atoms with Gasteiger partial charge in [0.2, 0.25) is 0 Å². The van der Waals surface area contributed by atoms with Crippen LogP contribution in [0.4, 0.5) is 0 Å². The lowest BCUT2D eigenvalue weighted by Crippen LogP contribution is -1.97. The molecule has 65 valence electrons. The lowest BCUT2D eigenvalue weighted by Gasteiger charge is -2.11. The number of hydrogen-bond donors (Lipinski definition) is 0. The minimum atomic E-state index is 0.952. The molecule has 1 rings (SSSR count). The summed E-state index contributed by atoms with van der Waals surface area (Å²) in [6.07, 6.45) is 12.9. The van der Waals surface area contributed by atoms with E-state index >= 15 is 0 Å². The molecule has 1 aliphatic rings. The molecule has 0 heteroatoms. The summed E-state index contributed by atoms with van der Waals surface area (Å²) >= 11 is 0. The summed E-state index contributed by atoms with van der Waals surface area (Å²) in [5.74, 6) is 0.952. The molecule has 1 saturated carbocycles. The van der Waals surface area contributed by atoms with Gasteiger partial charge in [-0.05, 0) is 5.92 Å². The van der Waals surface area contributed by atoms with Crippen LogP contribution in [0.3, 0.4) is 0 Å². The van der Waals surface area contributed by atoms with E-state index in [-0.39, 0.29) is 0 Å². The van der Waals surface area contributed by atoms with Crippen LogP contribution in [0.25, 0.3) is 0 Å². The highest BCUT2D eigenvalue weighted by molar-refractivity contribution is 4.63. The highest BCUT2D eigenvalue weighted by atomic mass is 14.1. The Labute approximate surface area is 71.4 Å². The van der Waals surface area contributed by atoms with Crippen molar-refractivity contribution < 1.29 is 0 Å². The van der Waals surface area contributed by atoms with Crippen molar-refractivity contribution in [1.82, 2.24) is 0 Å². The standard InChI is InChI=1S/C11H21/c1-2-11-9-7-5-3-4-6-8-10-11/h11H,1-10H2. The van der Waals surface area contributed by atoms with Crippen molar-refractivity contribution in [2.45, 2.75) is 57.8 Å². The normalized spacial score (nSPS) is 23.7. The zero-order valence-corrected chi connectivity index (χ0v) is 7.65. The van der Waals surface area contributed by atoms with Crippen molar-refractivity contribution in [3.05, 3.63) is 6.92 Å². The van der Waals surface area contributed by atoms with Gasteiger partial charge in [-0.15, -0.1) is 0 Å². The molecule has 0 amide bonds. The molecule has 0 atom stereocenters. The van der Waals surface area contributed by atoms with Crippen molar-refractivity contribution in [3.8, 4) is 0 Å². The van der Waals surface area contributed by atoms with Gasteiger partial charge >= 0.3 is 0 Å². The average molecular weight is 153 g/mol. The molecule has 0 bridgehead atoms. The molecule has 0 aromatic carbocycles. The molecule has 0 aromatic heterocycles. The monoisotopic (exact) mass is 153 g/mol. The molecule has 0 spiro atoms. The van der Waals surface area contributed by atoms with Crippen molar-refractivity contribution >= 4 is 0 Å². The first-order chi connectivity index (χ1) is 5.43. The summed E-state index contributed by atoms with van der Waals surface area (Å²) in [5, 5.41) is 0. The highest BCUT2D eigenvalue weighted by Gasteiger charge is 2.07. The van der Waals surface area contributed by atoms with Crippen LogP contribution in [0, 0.1) is 12.8 Å². The molecule has 0 N–H and O–H groups in total. The lowest BCUT2D eigenvalue weighted by molar-refractivity contribution is 0.431. The molecule has 1 radical (unpaired) electrons. The molecule has 11 heavy (non-hydrogen) atoms. The van der Waals surface area contributed by atoms with Crippen LogP contribution in [-0.4, -0.2) is 0 Å². The van der Waals surface area contributed by atoms with E-state index in [4.69, 9.17) is 0 Å². The average Bonchev–Trinajstić information content (AvgIpc) is 2.16. The van der Waals surface area contributed by atoms with Crippen molar-refractivity contribution in [2.75, 3.05) is 0 Å². The summed E-state index contributed by atoms with van der Waals surface area (Å²) in [7, 11) is 0. The van der Waals surface area contributed by atoms with E-state index in [0.29, 0.717) is 0 Å². The van der Waals surface area contributed by atoms with E-state index in [1.807, 2.05) is 0 Å². The Morgan fingerprint density at radius 3 is 1.73 bits per heavy atom. The highest BCUT2D eigenvalue weighted by Crippen LogP contribution is 2.23. The summed E-state index contributed by atoms with van der Waals surface area (Å²) in [5.41, 5.74) is 0. The maximum atomic E-state index is 4.01. The Morgan fingerprint density at radius 1 is 0.818 bits per heavy atom. The second-order valence-corrected chi connectivity index (χ2v) is 3.85. The van der Waals surface area contributed by atoms with Gasteiger partial charge in [0.25, 0.3) is 0 Å². The second-order valence-electron chi connectivity index (χ2n) is 3.85. The quantitative estimate of drug-likeness (QED) is 0.535.